The Morgan fingerprint density at radius 2 is 2.00 bits per heavy atom. The van der Waals surface area contributed by atoms with E-state index in [-0.39, 0.29) is 5.91 Å². The molecule has 1 fully saturated rings. The molecule has 3 rings (SSSR count). The lowest BCUT2D eigenvalue weighted by molar-refractivity contribution is -0.121. The van der Waals surface area contributed by atoms with Crippen LogP contribution >= 0.6 is 0 Å². The summed E-state index contributed by atoms with van der Waals surface area (Å²) in [5.41, 5.74) is 1.16. The van der Waals surface area contributed by atoms with Gasteiger partial charge in [0.15, 0.2) is 11.5 Å². The van der Waals surface area contributed by atoms with Crippen LogP contribution in [0.15, 0.2) is 18.2 Å². The van der Waals surface area contributed by atoms with Crippen molar-refractivity contribution in [2.45, 2.75) is 44.9 Å². The van der Waals surface area contributed by atoms with Gasteiger partial charge in [-0.15, -0.1) is 0 Å². The average Bonchev–Trinajstić information content (AvgIpc) is 3.16. The molecule has 114 valence electrons. The van der Waals surface area contributed by atoms with Crippen LogP contribution in [0.3, 0.4) is 0 Å². The molecular weight excluding hydrogens is 266 g/mol. The molecule has 4 heteroatoms. The summed E-state index contributed by atoms with van der Waals surface area (Å²) in [4.78, 5) is 11.8. The van der Waals surface area contributed by atoms with Crippen molar-refractivity contribution < 1.29 is 14.3 Å². The summed E-state index contributed by atoms with van der Waals surface area (Å²) in [6, 6.07) is 5.95. The molecule has 0 aromatic heterocycles. The van der Waals surface area contributed by atoms with Gasteiger partial charge in [-0.2, -0.15) is 0 Å². The monoisotopic (exact) mass is 289 g/mol. The lowest BCUT2D eigenvalue weighted by Gasteiger charge is -2.09. The van der Waals surface area contributed by atoms with E-state index >= 15 is 0 Å². The number of carbonyl (C=O) groups is 1. The molecule has 4 nitrogen and oxygen atoms in total. The first kappa shape index (κ1) is 14.2. The highest BCUT2D eigenvalue weighted by Gasteiger charge is 2.16. The molecule has 1 heterocycles. The number of hydrogen-bond donors (Lipinski definition) is 1. The highest BCUT2D eigenvalue weighted by atomic mass is 16.7. The third-order valence-electron chi connectivity index (χ3n) is 4.43. The van der Waals surface area contributed by atoms with Gasteiger partial charge in [-0.1, -0.05) is 31.7 Å². The van der Waals surface area contributed by atoms with E-state index in [0.717, 1.165) is 35.8 Å². The maximum atomic E-state index is 11.8. The van der Waals surface area contributed by atoms with Crippen molar-refractivity contribution in [3.8, 4) is 11.5 Å². The molecule has 1 aliphatic heterocycles. The van der Waals surface area contributed by atoms with Crippen LogP contribution in [-0.2, 0) is 11.2 Å². The molecule has 0 spiro atoms. The predicted octanol–water partition coefficient (Wildman–Crippen LogP) is 3.04. The van der Waals surface area contributed by atoms with E-state index in [4.69, 9.17) is 9.47 Å². The van der Waals surface area contributed by atoms with Crippen LogP contribution in [-0.4, -0.2) is 19.2 Å². The summed E-state index contributed by atoms with van der Waals surface area (Å²) in [5, 5.41) is 3.01. The maximum Gasteiger partial charge on any atom is 0.231 e. The summed E-state index contributed by atoms with van der Waals surface area (Å²) >= 11 is 0. The van der Waals surface area contributed by atoms with Crippen molar-refractivity contribution >= 4 is 5.91 Å². The van der Waals surface area contributed by atoms with E-state index in [1.807, 2.05) is 18.2 Å². The number of ether oxygens (including phenoxy) is 2. The molecule has 21 heavy (non-hydrogen) atoms. The summed E-state index contributed by atoms with van der Waals surface area (Å²) < 4.78 is 10.6. The zero-order chi connectivity index (χ0) is 14.5. The van der Waals surface area contributed by atoms with Gasteiger partial charge in [0.05, 0.1) is 0 Å². The van der Waals surface area contributed by atoms with Crippen LogP contribution in [0, 0.1) is 5.92 Å². The molecule has 1 N–H and O–H groups in total. The minimum atomic E-state index is 0.183. The maximum absolute atomic E-state index is 11.8. The lowest BCUT2D eigenvalue weighted by Crippen LogP contribution is -2.25. The molecule has 0 saturated heterocycles. The topological polar surface area (TPSA) is 47.6 Å². The number of carbonyl (C=O) groups excluding carboxylic acids is 1. The summed E-state index contributed by atoms with van der Waals surface area (Å²) in [6.45, 7) is 0.986. The standard InChI is InChI=1S/C17H23NO3/c19-17(8-6-13-3-1-2-4-13)18-10-9-14-5-7-15-16(11-14)21-12-20-15/h5,7,11,13H,1-4,6,8-10,12H2,(H,18,19). The highest BCUT2D eigenvalue weighted by Crippen LogP contribution is 2.32. The minimum absolute atomic E-state index is 0.183. The Balaban J connectivity index is 1.36. The Bertz CT molecular complexity index is 495. The number of nitrogens with one attached hydrogen (secondary N) is 1. The van der Waals surface area contributed by atoms with Gasteiger partial charge >= 0.3 is 0 Å². The molecule has 2 aliphatic rings. The second kappa shape index (κ2) is 6.83. The third-order valence-corrected chi connectivity index (χ3v) is 4.43. The van der Waals surface area contributed by atoms with E-state index in [1.165, 1.54) is 25.7 Å². The SMILES string of the molecule is O=C(CCC1CCCC1)NCCc1ccc2c(c1)OCO2. The van der Waals surface area contributed by atoms with Gasteiger partial charge in [-0.05, 0) is 36.5 Å². The van der Waals surface area contributed by atoms with Gasteiger partial charge in [-0.25, -0.2) is 0 Å². The minimum Gasteiger partial charge on any atom is -0.454 e. The average molecular weight is 289 g/mol. The quantitative estimate of drug-likeness (QED) is 0.875. The second-order valence-corrected chi connectivity index (χ2v) is 5.98. The molecule has 1 amide bonds. The van der Waals surface area contributed by atoms with Crippen molar-refractivity contribution in [1.29, 1.82) is 0 Å². The second-order valence-electron chi connectivity index (χ2n) is 5.98. The number of hydrogen-bond acceptors (Lipinski definition) is 3. The fourth-order valence-electron chi connectivity index (χ4n) is 3.17. The number of benzene rings is 1. The first-order valence-electron chi connectivity index (χ1n) is 7.96. The Hall–Kier alpha value is -1.71. The molecule has 1 aliphatic carbocycles. The van der Waals surface area contributed by atoms with Gasteiger partial charge in [-0.3, -0.25) is 4.79 Å². The van der Waals surface area contributed by atoms with Crippen molar-refractivity contribution in [2.24, 2.45) is 5.92 Å². The van der Waals surface area contributed by atoms with E-state index in [2.05, 4.69) is 5.32 Å². The van der Waals surface area contributed by atoms with Gasteiger partial charge in [0, 0.05) is 13.0 Å². The van der Waals surface area contributed by atoms with Gasteiger partial charge < -0.3 is 14.8 Å². The first-order valence-corrected chi connectivity index (χ1v) is 7.96. The van der Waals surface area contributed by atoms with E-state index in [0.29, 0.717) is 19.8 Å². The first-order chi connectivity index (χ1) is 10.3. The molecule has 1 aromatic carbocycles. The normalized spacial score (nSPS) is 17.1. The fraction of sp³-hybridized carbons (Fsp3) is 0.588. The summed E-state index contributed by atoms with van der Waals surface area (Å²) in [5.74, 6) is 2.58. The Kier molecular flexibility index (Phi) is 4.63. The smallest absolute Gasteiger partial charge is 0.231 e. The molecule has 0 bridgehead atoms. The van der Waals surface area contributed by atoms with Gasteiger partial charge in [0.1, 0.15) is 0 Å². The van der Waals surface area contributed by atoms with E-state index in [1.54, 1.807) is 0 Å². The van der Waals surface area contributed by atoms with Crippen molar-refractivity contribution in [3.63, 3.8) is 0 Å². The fourth-order valence-corrected chi connectivity index (χ4v) is 3.17. The number of fused-ring (bicyclic) bond motifs is 1. The Morgan fingerprint density at radius 3 is 2.86 bits per heavy atom. The Labute approximate surface area is 125 Å². The molecular formula is C17H23NO3. The molecule has 1 aromatic rings. The van der Waals surface area contributed by atoms with Crippen molar-refractivity contribution in [1.82, 2.24) is 5.32 Å². The lowest BCUT2D eigenvalue weighted by atomic mass is 10.0. The van der Waals surface area contributed by atoms with Crippen molar-refractivity contribution in [3.05, 3.63) is 23.8 Å². The van der Waals surface area contributed by atoms with E-state index in [9.17, 15) is 4.79 Å². The molecule has 0 unspecified atom stereocenters. The number of amides is 1. The number of rotatable bonds is 6. The molecule has 0 atom stereocenters. The van der Waals surface area contributed by atoms with Crippen LogP contribution in [0.2, 0.25) is 0 Å². The van der Waals surface area contributed by atoms with Crippen LogP contribution in [0.1, 0.15) is 44.1 Å². The third kappa shape index (κ3) is 3.90. The summed E-state index contributed by atoms with van der Waals surface area (Å²) in [6.07, 6.45) is 7.86. The largest absolute Gasteiger partial charge is 0.454 e. The van der Waals surface area contributed by atoms with Gasteiger partial charge in [0.2, 0.25) is 12.7 Å². The predicted molar refractivity (Wildman–Crippen MR) is 80.5 cm³/mol. The Morgan fingerprint density at radius 1 is 1.19 bits per heavy atom. The van der Waals surface area contributed by atoms with Crippen molar-refractivity contribution in [2.75, 3.05) is 13.3 Å². The molecule has 0 radical (unpaired) electrons. The van der Waals surface area contributed by atoms with Crippen LogP contribution < -0.4 is 14.8 Å². The van der Waals surface area contributed by atoms with E-state index < -0.39 is 0 Å². The molecule has 1 saturated carbocycles. The zero-order valence-corrected chi connectivity index (χ0v) is 12.4. The van der Waals surface area contributed by atoms with Crippen LogP contribution in [0.25, 0.3) is 0 Å². The van der Waals surface area contributed by atoms with Gasteiger partial charge in [0.25, 0.3) is 0 Å². The van der Waals surface area contributed by atoms with Crippen LogP contribution in [0.4, 0.5) is 0 Å². The highest BCUT2D eigenvalue weighted by molar-refractivity contribution is 5.75. The zero-order valence-electron chi connectivity index (χ0n) is 12.4. The summed E-state index contributed by atoms with van der Waals surface area (Å²) in [7, 11) is 0. The van der Waals surface area contributed by atoms with Crippen LogP contribution in [0.5, 0.6) is 11.5 Å².